The summed E-state index contributed by atoms with van der Waals surface area (Å²) in [5.74, 6) is 0. The molecule has 1 aromatic rings. The molecule has 3 nitrogen and oxygen atoms in total. The normalized spacial score (nSPS) is 20.9. The van der Waals surface area contributed by atoms with Crippen molar-refractivity contribution in [3.05, 3.63) is 28.5 Å². The maximum Gasteiger partial charge on any atom is 0.0583 e. The average molecular weight is 284 g/mol. The lowest BCUT2D eigenvalue weighted by Crippen LogP contribution is -2.45. The maximum absolute atomic E-state index is 4.45. The summed E-state index contributed by atoms with van der Waals surface area (Å²) >= 11 is 3.50. The Kier molecular flexibility index (Phi) is 3.95. The van der Waals surface area contributed by atoms with Crippen LogP contribution in [0.5, 0.6) is 0 Å². The third-order valence-corrected chi connectivity index (χ3v) is 3.75. The summed E-state index contributed by atoms with van der Waals surface area (Å²) in [6, 6.07) is 4.50. The number of rotatable bonds is 2. The van der Waals surface area contributed by atoms with E-state index >= 15 is 0 Å². The van der Waals surface area contributed by atoms with E-state index in [1.165, 1.54) is 0 Å². The Morgan fingerprint density at radius 1 is 1.31 bits per heavy atom. The Balaban J connectivity index is 2.04. The number of pyridine rings is 1. The van der Waals surface area contributed by atoms with E-state index in [0.29, 0.717) is 6.04 Å². The number of likely N-dealkylation sites (N-methyl/N-ethyl adjacent to an activating group) is 1. The monoisotopic (exact) mass is 283 g/mol. The van der Waals surface area contributed by atoms with Crippen LogP contribution in [0.3, 0.4) is 0 Å². The van der Waals surface area contributed by atoms with Gasteiger partial charge in [-0.2, -0.15) is 0 Å². The van der Waals surface area contributed by atoms with Crippen LogP contribution in [0.2, 0.25) is 0 Å². The van der Waals surface area contributed by atoms with Crippen molar-refractivity contribution < 1.29 is 0 Å². The zero-order valence-electron chi connectivity index (χ0n) is 9.86. The van der Waals surface area contributed by atoms with Gasteiger partial charge in [0.25, 0.3) is 0 Å². The molecule has 0 radical (unpaired) electrons. The van der Waals surface area contributed by atoms with Crippen molar-refractivity contribution in [2.45, 2.75) is 13.0 Å². The van der Waals surface area contributed by atoms with Crippen molar-refractivity contribution in [1.29, 1.82) is 0 Å². The molecule has 0 bridgehead atoms. The predicted octanol–water partition coefficient (Wildman–Crippen LogP) is 2.15. The van der Waals surface area contributed by atoms with Gasteiger partial charge < -0.3 is 4.90 Å². The van der Waals surface area contributed by atoms with Crippen LogP contribution in [0.1, 0.15) is 18.7 Å². The second-order valence-corrected chi connectivity index (χ2v) is 5.33. The van der Waals surface area contributed by atoms with Gasteiger partial charge in [-0.3, -0.25) is 9.88 Å². The second kappa shape index (κ2) is 5.25. The van der Waals surface area contributed by atoms with Gasteiger partial charge >= 0.3 is 0 Å². The van der Waals surface area contributed by atoms with Crippen molar-refractivity contribution in [1.82, 2.24) is 14.8 Å². The zero-order valence-corrected chi connectivity index (χ0v) is 11.4. The molecular weight excluding hydrogens is 266 g/mol. The summed E-state index contributed by atoms with van der Waals surface area (Å²) in [7, 11) is 2.18. The van der Waals surface area contributed by atoms with Gasteiger partial charge in [0, 0.05) is 42.9 Å². The van der Waals surface area contributed by atoms with Crippen LogP contribution in [0, 0.1) is 0 Å². The Morgan fingerprint density at radius 2 is 2.00 bits per heavy atom. The van der Waals surface area contributed by atoms with Gasteiger partial charge in [0.15, 0.2) is 0 Å². The summed E-state index contributed by atoms with van der Waals surface area (Å²) in [6.07, 6.45) is 1.87. The average Bonchev–Trinajstić information content (AvgIpc) is 2.29. The van der Waals surface area contributed by atoms with E-state index in [1.807, 2.05) is 12.3 Å². The van der Waals surface area contributed by atoms with Crippen LogP contribution >= 0.6 is 15.9 Å². The number of piperazine rings is 1. The second-order valence-electron chi connectivity index (χ2n) is 4.41. The molecule has 1 fully saturated rings. The third-order valence-electron chi connectivity index (χ3n) is 3.26. The van der Waals surface area contributed by atoms with Crippen LogP contribution in [-0.2, 0) is 0 Å². The first-order valence-electron chi connectivity index (χ1n) is 5.71. The lowest BCUT2D eigenvalue weighted by atomic mass is 10.1. The number of hydrogen-bond donors (Lipinski definition) is 0. The van der Waals surface area contributed by atoms with Gasteiger partial charge in [0.05, 0.1) is 5.69 Å². The molecule has 1 aliphatic heterocycles. The van der Waals surface area contributed by atoms with Gasteiger partial charge in [-0.05, 0) is 26.1 Å². The first kappa shape index (κ1) is 12.0. The highest BCUT2D eigenvalue weighted by Gasteiger charge is 2.20. The SMILES string of the molecule is CC(c1cc(Br)ccn1)N1CCN(C)CC1. The van der Waals surface area contributed by atoms with Gasteiger partial charge in [-0.25, -0.2) is 0 Å². The van der Waals surface area contributed by atoms with Crippen LogP contribution in [0.4, 0.5) is 0 Å². The van der Waals surface area contributed by atoms with Crippen LogP contribution < -0.4 is 0 Å². The van der Waals surface area contributed by atoms with Crippen molar-refractivity contribution in [3.8, 4) is 0 Å². The summed E-state index contributed by atoms with van der Waals surface area (Å²) in [5, 5.41) is 0. The molecule has 1 atom stereocenters. The molecule has 0 aliphatic carbocycles. The topological polar surface area (TPSA) is 19.4 Å². The Hall–Kier alpha value is -0.450. The Labute approximate surface area is 106 Å². The van der Waals surface area contributed by atoms with Gasteiger partial charge in [0.2, 0.25) is 0 Å². The molecule has 0 N–H and O–H groups in total. The third kappa shape index (κ3) is 2.81. The largest absolute Gasteiger partial charge is 0.304 e. The minimum atomic E-state index is 0.409. The van der Waals surface area contributed by atoms with Crippen molar-refractivity contribution >= 4 is 15.9 Å². The quantitative estimate of drug-likeness (QED) is 0.829. The molecule has 1 saturated heterocycles. The zero-order chi connectivity index (χ0) is 11.5. The highest BCUT2D eigenvalue weighted by atomic mass is 79.9. The summed E-state index contributed by atoms with van der Waals surface area (Å²) in [6.45, 7) is 6.80. The van der Waals surface area contributed by atoms with Crippen LogP contribution in [-0.4, -0.2) is 48.0 Å². The number of hydrogen-bond acceptors (Lipinski definition) is 3. The summed E-state index contributed by atoms with van der Waals surface area (Å²) in [4.78, 5) is 9.32. The number of nitrogens with zero attached hydrogens (tertiary/aromatic N) is 3. The first-order valence-corrected chi connectivity index (χ1v) is 6.50. The molecule has 0 saturated carbocycles. The minimum absolute atomic E-state index is 0.409. The number of aromatic nitrogens is 1. The van der Waals surface area contributed by atoms with Crippen molar-refractivity contribution in [2.24, 2.45) is 0 Å². The maximum atomic E-state index is 4.45. The predicted molar refractivity (Wildman–Crippen MR) is 69.4 cm³/mol. The van der Waals surface area contributed by atoms with E-state index in [1.54, 1.807) is 0 Å². The van der Waals surface area contributed by atoms with E-state index in [0.717, 1.165) is 36.3 Å². The molecular formula is C12H18BrN3. The molecule has 16 heavy (non-hydrogen) atoms. The highest BCUT2D eigenvalue weighted by Crippen LogP contribution is 2.21. The van der Waals surface area contributed by atoms with Crippen LogP contribution in [0.25, 0.3) is 0 Å². The van der Waals surface area contributed by atoms with Gasteiger partial charge in [-0.1, -0.05) is 15.9 Å². The lowest BCUT2D eigenvalue weighted by Gasteiger charge is -2.36. The van der Waals surface area contributed by atoms with E-state index in [9.17, 15) is 0 Å². The Morgan fingerprint density at radius 3 is 2.62 bits per heavy atom. The molecule has 2 heterocycles. The fourth-order valence-corrected chi connectivity index (χ4v) is 2.40. The summed E-state index contributed by atoms with van der Waals surface area (Å²) in [5.41, 5.74) is 1.15. The smallest absolute Gasteiger partial charge is 0.0583 e. The molecule has 0 aromatic carbocycles. The molecule has 1 aliphatic rings. The molecule has 4 heteroatoms. The van der Waals surface area contributed by atoms with Gasteiger partial charge in [0.1, 0.15) is 0 Å². The van der Waals surface area contributed by atoms with Gasteiger partial charge in [-0.15, -0.1) is 0 Å². The highest BCUT2D eigenvalue weighted by molar-refractivity contribution is 9.10. The molecule has 0 spiro atoms. The fraction of sp³-hybridized carbons (Fsp3) is 0.583. The first-order chi connectivity index (χ1) is 7.66. The summed E-state index contributed by atoms with van der Waals surface area (Å²) < 4.78 is 1.11. The van der Waals surface area contributed by atoms with E-state index in [-0.39, 0.29) is 0 Å². The fourth-order valence-electron chi connectivity index (χ4n) is 2.05. The van der Waals surface area contributed by atoms with E-state index < -0.39 is 0 Å². The molecule has 88 valence electrons. The van der Waals surface area contributed by atoms with Crippen molar-refractivity contribution in [3.63, 3.8) is 0 Å². The molecule has 1 aromatic heterocycles. The Bertz CT molecular complexity index is 348. The molecule has 1 unspecified atom stereocenters. The van der Waals surface area contributed by atoms with Crippen LogP contribution in [0.15, 0.2) is 22.8 Å². The van der Waals surface area contributed by atoms with E-state index in [2.05, 4.69) is 50.8 Å². The molecule has 2 rings (SSSR count). The number of halogens is 1. The van der Waals surface area contributed by atoms with E-state index in [4.69, 9.17) is 0 Å². The minimum Gasteiger partial charge on any atom is -0.304 e. The van der Waals surface area contributed by atoms with Crippen molar-refractivity contribution in [2.75, 3.05) is 33.2 Å². The lowest BCUT2D eigenvalue weighted by molar-refractivity contribution is 0.117. The standard InChI is InChI=1S/C12H18BrN3/c1-10(12-9-11(13)3-4-14-12)16-7-5-15(2)6-8-16/h3-4,9-10H,5-8H2,1-2H3. The molecule has 0 amide bonds.